The standard InChI is InChI=1S/C36H48N8O4/c1-36(2,3)48-35(45)38-17-23-46-24-22-42-18-20-43(21-19-42)27-11-13-28(14-12-27)44-34-31(33(37)39-25-40-34)32(41-44)26-9-15-30(16-10-26)47-29-7-5-4-6-8-29/h4-10,15-16,25,27-28H,11-14,17-24H2,1-3H3,(H,38,45)(H2,37,39,40)/t27-,28-. The van der Waals surface area contributed by atoms with Crippen LogP contribution in [0, 0.1) is 0 Å². The van der Waals surface area contributed by atoms with Gasteiger partial charge >= 0.3 is 6.09 Å². The maximum Gasteiger partial charge on any atom is 0.407 e. The Labute approximate surface area is 282 Å². The molecule has 2 aliphatic rings. The molecule has 1 saturated heterocycles. The van der Waals surface area contributed by atoms with E-state index in [2.05, 4.69) is 29.8 Å². The van der Waals surface area contributed by atoms with Crippen LogP contribution in [0.15, 0.2) is 60.9 Å². The Balaban J connectivity index is 0.979. The largest absolute Gasteiger partial charge is 0.457 e. The number of piperazine rings is 1. The van der Waals surface area contributed by atoms with Crippen LogP contribution in [0.4, 0.5) is 10.6 Å². The Kier molecular flexibility index (Phi) is 10.7. The number of anilines is 1. The van der Waals surface area contributed by atoms with E-state index in [-0.39, 0.29) is 6.04 Å². The first kappa shape index (κ1) is 33.6. The average Bonchev–Trinajstić information content (AvgIpc) is 3.48. The Morgan fingerprint density at radius 1 is 0.896 bits per heavy atom. The molecule has 1 saturated carbocycles. The number of para-hydroxylation sites is 1. The first-order valence-corrected chi connectivity index (χ1v) is 17.1. The van der Waals surface area contributed by atoms with Gasteiger partial charge in [-0.25, -0.2) is 19.4 Å². The fraction of sp³-hybridized carbons (Fsp3) is 0.500. The fourth-order valence-corrected chi connectivity index (χ4v) is 6.61. The fourth-order valence-electron chi connectivity index (χ4n) is 6.61. The number of carbonyl (C=O) groups excluding carboxylic acids is 1. The number of benzene rings is 2. The highest BCUT2D eigenvalue weighted by molar-refractivity contribution is 5.98. The number of hydrogen-bond acceptors (Lipinski definition) is 10. The summed E-state index contributed by atoms with van der Waals surface area (Å²) in [6, 6.07) is 18.5. The Morgan fingerprint density at radius 2 is 1.58 bits per heavy atom. The van der Waals surface area contributed by atoms with E-state index in [1.807, 2.05) is 75.4 Å². The summed E-state index contributed by atoms with van der Waals surface area (Å²) in [6.45, 7) is 12.2. The summed E-state index contributed by atoms with van der Waals surface area (Å²) in [6.07, 6.45) is 5.46. The number of carbonyl (C=O) groups is 1. The number of rotatable bonds is 11. The minimum absolute atomic E-state index is 0.260. The molecular formula is C36H48N8O4. The van der Waals surface area contributed by atoms with E-state index >= 15 is 0 Å². The molecule has 2 aromatic heterocycles. The monoisotopic (exact) mass is 656 g/mol. The zero-order valence-corrected chi connectivity index (χ0v) is 28.3. The van der Waals surface area contributed by atoms with Gasteiger partial charge in [0.15, 0.2) is 5.65 Å². The van der Waals surface area contributed by atoms with E-state index in [9.17, 15) is 4.79 Å². The van der Waals surface area contributed by atoms with Gasteiger partial charge in [0.25, 0.3) is 0 Å². The zero-order chi connectivity index (χ0) is 33.5. The number of nitrogens with one attached hydrogen (secondary N) is 1. The van der Waals surface area contributed by atoms with Crippen molar-refractivity contribution in [1.82, 2.24) is 34.9 Å². The number of nitrogens with two attached hydrogens (primary N) is 1. The highest BCUT2D eigenvalue weighted by Crippen LogP contribution is 2.37. The minimum atomic E-state index is -0.496. The summed E-state index contributed by atoms with van der Waals surface area (Å²) in [4.78, 5) is 25.8. The third kappa shape index (κ3) is 8.60. The van der Waals surface area contributed by atoms with Crippen LogP contribution >= 0.6 is 0 Å². The van der Waals surface area contributed by atoms with Gasteiger partial charge in [-0.05, 0) is 82.9 Å². The maximum absolute atomic E-state index is 11.7. The molecule has 1 amide bonds. The summed E-state index contributed by atoms with van der Waals surface area (Å²) in [5, 5.41) is 8.64. The van der Waals surface area contributed by atoms with Gasteiger partial charge < -0.3 is 25.3 Å². The van der Waals surface area contributed by atoms with Gasteiger partial charge in [0, 0.05) is 50.9 Å². The number of fused-ring (bicyclic) bond motifs is 1. The molecule has 3 heterocycles. The molecule has 0 bridgehead atoms. The van der Waals surface area contributed by atoms with Gasteiger partial charge in [0.05, 0.1) is 24.6 Å². The molecule has 4 aromatic rings. The van der Waals surface area contributed by atoms with E-state index in [1.54, 1.807) is 0 Å². The molecule has 0 radical (unpaired) electrons. The van der Waals surface area contributed by atoms with Gasteiger partial charge in [-0.2, -0.15) is 5.10 Å². The first-order valence-electron chi connectivity index (χ1n) is 17.1. The van der Waals surface area contributed by atoms with E-state index in [0.717, 1.165) is 92.2 Å². The number of nitrogens with zero attached hydrogens (tertiary/aromatic N) is 6. The molecule has 3 N–H and O–H groups in total. The van der Waals surface area contributed by atoms with Crippen LogP contribution in [0.1, 0.15) is 52.5 Å². The first-order chi connectivity index (χ1) is 23.2. The lowest BCUT2D eigenvalue weighted by molar-refractivity contribution is 0.0425. The second kappa shape index (κ2) is 15.3. The van der Waals surface area contributed by atoms with Crippen molar-refractivity contribution in [2.24, 2.45) is 0 Å². The molecule has 0 atom stereocenters. The average molecular weight is 657 g/mol. The second-order valence-corrected chi connectivity index (χ2v) is 13.6. The molecule has 12 heteroatoms. The Hall–Kier alpha value is -4.26. The van der Waals surface area contributed by atoms with E-state index < -0.39 is 11.7 Å². The summed E-state index contributed by atoms with van der Waals surface area (Å²) < 4.78 is 19.1. The summed E-state index contributed by atoms with van der Waals surface area (Å²) in [5.41, 5.74) is 8.47. The van der Waals surface area contributed by atoms with E-state index in [1.165, 1.54) is 6.33 Å². The van der Waals surface area contributed by atoms with Gasteiger partial charge in [-0.15, -0.1) is 0 Å². The topological polar surface area (TPSA) is 133 Å². The summed E-state index contributed by atoms with van der Waals surface area (Å²) in [7, 11) is 0. The number of aromatic nitrogens is 4. The normalized spacial score (nSPS) is 19.3. The Bertz CT molecular complexity index is 1620. The molecule has 1 aliphatic heterocycles. The molecule has 48 heavy (non-hydrogen) atoms. The maximum atomic E-state index is 11.7. The molecule has 0 spiro atoms. The SMILES string of the molecule is CC(C)(C)OC(=O)NCCOCCN1CCN([C@H]2CC[C@H](n3nc(-c4ccc(Oc5ccccc5)cc4)c4c(N)ncnc43)CC2)CC1. The smallest absolute Gasteiger partial charge is 0.407 e. The van der Waals surface area contributed by atoms with Gasteiger partial charge in [-0.3, -0.25) is 9.80 Å². The van der Waals surface area contributed by atoms with Crippen LogP contribution in [-0.2, 0) is 9.47 Å². The van der Waals surface area contributed by atoms with Crippen LogP contribution in [0.25, 0.3) is 22.3 Å². The van der Waals surface area contributed by atoms with Crippen molar-refractivity contribution in [3.8, 4) is 22.8 Å². The van der Waals surface area contributed by atoms with Gasteiger partial charge in [-0.1, -0.05) is 18.2 Å². The second-order valence-electron chi connectivity index (χ2n) is 13.6. The number of nitrogen functional groups attached to an aromatic ring is 1. The van der Waals surface area contributed by atoms with Crippen LogP contribution < -0.4 is 15.8 Å². The lowest BCUT2D eigenvalue weighted by Gasteiger charge is -2.42. The third-order valence-electron chi connectivity index (χ3n) is 9.03. The molecule has 6 rings (SSSR count). The summed E-state index contributed by atoms with van der Waals surface area (Å²) >= 11 is 0. The van der Waals surface area contributed by atoms with Crippen LogP contribution in [-0.4, -0.2) is 99.8 Å². The summed E-state index contributed by atoms with van der Waals surface area (Å²) in [5.74, 6) is 2.00. The van der Waals surface area contributed by atoms with E-state index in [0.29, 0.717) is 31.6 Å². The van der Waals surface area contributed by atoms with Crippen LogP contribution in [0.3, 0.4) is 0 Å². The number of alkyl carbamates (subject to hydrolysis) is 1. The number of amides is 1. The van der Waals surface area contributed by atoms with Gasteiger partial charge in [0.2, 0.25) is 0 Å². The predicted molar refractivity (Wildman–Crippen MR) is 186 cm³/mol. The van der Waals surface area contributed by atoms with Crippen molar-refractivity contribution in [2.75, 3.05) is 58.2 Å². The van der Waals surface area contributed by atoms with Crippen molar-refractivity contribution in [2.45, 2.75) is 64.1 Å². The number of hydrogen-bond donors (Lipinski definition) is 2. The van der Waals surface area contributed by atoms with Crippen molar-refractivity contribution in [3.63, 3.8) is 0 Å². The zero-order valence-electron chi connectivity index (χ0n) is 28.3. The molecule has 2 aromatic carbocycles. The van der Waals surface area contributed by atoms with Crippen molar-refractivity contribution in [1.29, 1.82) is 0 Å². The molecule has 12 nitrogen and oxygen atoms in total. The highest BCUT2D eigenvalue weighted by atomic mass is 16.6. The quantitative estimate of drug-likeness (QED) is 0.199. The van der Waals surface area contributed by atoms with Crippen molar-refractivity contribution >= 4 is 22.9 Å². The minimum Gasteiger partial charge on any atom is -0.457 e. The van der Waals surface area contributed by atoms with Gasteiger partial charge in [0.1, 0.15) is 34.9 Å². The number of ether oxygens (including phenoxy) is 3. The van der Waals surface area contributed by atoms with Crippen LogP contribution in [0.2, 0.25) is 0 Å². The molecular weight excluding hydrogens is 608 g/mol. The molecule has 0 unspecified atom stereocenters. The lowest BCUT2D eigenvalue weighted by Crippen LogP contribution is -2.51. The molecule has 2 fully saturated rings. The van der Waals surface area contributed by atoms with E-state index in [4.69, 9.17) is 25.0 Å². The van der Waals surface area contributed by atoms with Crippen molar-refractivity contribution in [3.05, 3.63) is 60.9 Å². The molecule has 1 aliphatic carbocycles. The Morgan fingerprint density at radius 3 is 2.29 bits per heavy atom. The lowest BCUT2D eigenvalue weighted by atomic mass is 9.90. The highest BCUT2D eigenvalue weighted by Gasteiger charge is 2.31. The molecule has 256 valence electrons. The third-order valence-corrected chi connectivity index (χ3v) is 9.03. The van der Waals surface area contributed by atoms with Crippen molar-refractivity contribution < 1.29 is 19.0 Å². The predicted octanol–water partition coefficient (Wildman–Crippen LogP) is 5.51. The van der Waals surface area contributed by atoms with Crippen LogP contribution in [0.5, 0.6) is 11.5 Å².